The third-order valence-corrected chi connectivity index (χ3v) is 11.0. The van der Waals surface area contributed by atoms with Crippen molar-refractivity contribution in [3.63, 3.8) is 0 Å². The van der Waals surface area contributed by atoms with Crippen molar-refractivity contribution in [2.45, 2.75) is 57.3 Å². The number of benzene rings is 2. The normalized spacial score (nSPS) is 20.8. The molecule has 7 amide bonds. The Morgan fingerprint density at radius 2 is 1.52 bits per heavy atom. The van der Waals surface area contributed by atoms with Crippen molar-refractivity contribution in [1.82, 2.24) is 51.8 Å². The first-order valence-electron chi connectivity index (χ1n) is 19.1. The molecule has 1 aliphatic heterocycles. The lowest BCUT2D eigenvalue weighted by Gasteiger charge is -2.24. The zero-order valence-electron chi connectivity index (χ0n) is 33.4. The van der Waals surface area contributed by atoms with Crippen molar-refractivity contribution in [1.29, 1.82) is 0 Å². The molecule has 314 valence electrons. The second kappa shape index (κ2) is 18.7. The van der Waals surface area contributed by atoms with Crippen molar-refractivity contribution in [2.75, 3.05) is 27.2 Å². The van der Waals surface area contributed by atoms with Crippen LogP contribution in [0.2, 0.25) is 0 Å². The number of methoxy groups -OCH3 is 1. The number of carbonyl (C=O) groups excluding carboxylic acids is 7. The summed E-state index contributed by atoms with van der Waals surface area (Å²) >= 11 is 1.11. The maximum absolute atomic E-state index is 14.4. The summed E-state index contributed by atoms with van der Waals surface area (Å²) in [5.41, 5.74) is 2.53. The minimum atomic E-state index is -1.28. The largest absolute Gasteiger partial charge is 0.496 e. The molecule has 0 fully saturated rings. The number of carbonyl (C=O) groups is 7. The Kier molecular flexibility index (Phi) is 13.3. The molecule has 8 N–H and O–H groups in total. The van der Waals surface area contributed by atoms with Gasteiger partial charge in [0.1, 0.15) is 34.6 Å². The summed E-state index contributed by atoms with van der Waals surface area (Å²) in [5.74, 6) is -4.34. The molecule has 0 unspecified atom stereocenters. The number of H-pyrrole nitrogens is 2. The molecule has 0 radical (unpaired) electrons. The molecule has 4 heterocycles. The number of para-hydroxylation sites is 1. The van der Waals surface area contributed by atoms with E-state index in [2.05, 4.69) is 53.4 Å². The summed E-state index contributed by atoms with van der Waals surface area (Å²) in [7, 11) is 2.87. The fourth-order valence-corrected chi connectivity index (χ4v) is 7.66. The Morgan fingerprint density at radius 1 is 0.817 bits per heavy atom. The molecule has 4 atom stereocenters. The van der Waals surface area contributed by atoms with E-state index < -0.39 is 78.6 Å². The molecule has 5 aromatic rings. The van der Waals surface area contributed by atoms with Gasteiger partial charge in [0.25, 0.3) is 11.8 Å². The maximum Gasteiger partial charge on any atom is 0.271 e. The second-order valence-corrected chi connectivity index (χ2v) is 15.2. The third-order valence-electron chi connectivity index (χ3n) is 9.99. The van der Waals surface area contributed by atoms with Gasteiger partial charge < -0.3 is 51.5 Å². The van der Waals surface area contributed by atoms with Crippen molar-refractivity contribution in [3.05, 3.63) is 94.3 Å². The number of likely N-dealkylation sites (N-methyl/N-ethyl adjacent to an activating group) is 1. The molecule has 3 aromatic heterocycles. The van der Waals surface area contributed by atoms with Crippen LogP contribution in [0.1, 0.15) is 52.9 Å². The first-order valence-corrected chi connectivity index (χ1v) is 20.0. The zero-order valence-corrected chi connectivity index (χ0v) is 34.2. The highest BCUT2D eigenvalue weighted by molar-refractivity contribution is 7.09. The smallest absolute Gasteiger partial charge is 0.271 e. The van der Waals surface area contributed by atoms with Gasteiger partial charge in [0, 0.05) is 59.5 Å². The number of hydrogen-bond acceptors (Lipinski definition) is 10. The Hall–Kier alpha value is -7.02. The number of ether oxygens (including phenoxy) is 1. The predicted octanol–water partition coefficient (Wildman–Crippen LogP) is 1.47. The fourth-order valence-electron chi connectivity index (χ4n) is 6.85. The Balaban J connectivity index is 1.35. The van der Waals surface area contributed by atoms with E-state index in [9.17, 15) is 33.6 Å². The van der Waals surface area contributed by atoms with Crippen LogP contribution >= 0.6 is 11.3 Å². The van der Waals surface area contributed by atoms with Crippen molar-refractivity contribution in [3.8, 4) is 5.75 Å². The van der Waals surface area contributed by atoms with E-state index >= 15 is 0 Å². The summed E-state index contributed by atoms with van der Waals surface area (Å²) in [6.45, 7) is 5.95. The van der Waals surface area contributed by atoms with E-state index in [1.54, 1.807) is 38.4 Å². The summed E-state index contributed by atoms with van der Waals surface area (Å²) in [6, 6.07) is 8.56. The third kappa shape index (κ3) is 9.80. The Bertz CT molecular complexity index is 2470. The van der Waals surface area contributed by atoms with Crippen LogP contribution in [0.5, 0.6) is 5.75 Å². The Morgan fingerprint density at radius 3 is 2.28 bits per heavy atom. The molecule has 18 nitrogen and oxygen atoms in total. The number of hydrogen-bond donors (Lipinski definition) is 8. The van der Waals surface area contributed by atoms with E-state index in [0.717, 1.165) is 38.2 Å². The monoisotopic (exact) mass is 838 g/mol. The minimum absolute atomic E-state index is 0.0156. The van der Waals surface area contributed by atoms with Gasteiger partial charge >= 0.3 is 0 Å². The number of fused-ring (bicyclic) bond motifs is 4. The van der Waals surface area contributed by atoms with E-state index in [0.29, 0.717) is 21.7 Å². The lowest BCUT2D eigenvalue weighted by Crippen LogP contribution is -2.56. The van der Waals surface area contributed by atoms with Crippen LogP contribution in [-0.4, -0.2) is 107 Å². The lowest BCUT2D eigenvalue weighted by molar-refractivity contribution is -0.134. The van der Waals surface area contributed by atoms with Gasteiger partial charge in [0.05, 0.1) is 31.9 Å². The average Bonchev–Trinajstić information content (AvgIpc) is 4.00. The van der Waals surface area contributed by atoms with Crippen molar-refractivity contribution < 1.29 is 38.3 Å². The number of thiazole rings is 1. The molecule has 60 heavy (non-hydrogen) atoms. The number of nitrogens with zero attached hydrogens (tertiary/aromatic N) is 2. The number of aromatic amines is 2. The number of aromatic nitrogens is 3. The molecule has 1 aliphatic rings. The molecule has 19 heteroatoms. The molecule has 0 saturated heterocycles. The molecule has 0 spiro atoms. The van der Waals surface area contributed by atoms with E-state index in [1.807, 2.05) is 30.3 Å². The summed E-state index contributed by atoms with van der Waals surface area (Å²) in [6.07, 6.45) is 3.51. The van der Waals surface area contributed by atoms with Crippen molar-refractivity contribution >= 4 is 74.5 Å². The molecular formula is C41H46N10O8S. The van der Waals surface area contributed by atoms with Gasteiger partial charge in [-0.15, -0.1) is 11.3 Å². The standard InChI is InChI=1S/C41H46N10O8S/c1-6-26-37(55)46-22(3)41(58)51(4)19-34(53)45-21(2)40-50-31(20-60-40)39(57)49-30(14-23-16-42-27-11-8-7-10-25(23)27)38(56)48-29(36(54)44-18-33(52)47-26)15-24-17-43-28-12-9-13-32(59-5)35(24)28/h7-13,16-17,20-21,26,29-30,42-43H,3,6,14-15,18-19H2,1-2,4-5H3,(H,44,54)(H,45,53)(H,46,55)(H,47,52)(H,48,56)(H,49,57)/t21-,26-,29+,30+/m1/s1. The molecule has 6 rings (SSSR count). The molecule has 2 aromatic carbocycles. The Labute approximate surface area is 348 Å². The van der Waals surface area contributed by atoms with E-state index in [-0.39, 0.29) is 30.7 Å². The fraction of sp³-hybridized carbons (Fsp3) is 0.317. The summed E-state index contributed by atoms with van der Waals surface area (Å²) in [5, 5.41) is 19.3. The lowest BCUT2D eigenvalue weighted by atomic mass is 10.0. The highest BCUT2D eigenvalue weighted by Gasteiger charge is 2.31. The topological polar surface area (TPSA) is 249 Å². The quantitative estimate of drug-likeness (QED) is 0.115. The molecule has 0 saturated carbocycles. The van der Waals surface area contributed by atoms with Crippen LogP contribution in [0.25, 0.3) is 21.8 Å². The second-order valence-electron chi connectivity index (χ2n) is 14.3. The van der Waals surface area contributed by atoms with E-state index in [4.69, 9.17) is 4.74 Å². The van der Waals surface area contributed by atoms with Gasteiger partial charge in [-0.2, -0.15) is 0 Å². The summed E-state index contributed by atoms with van der Waals surface area (Å²) in [4.78, 5) is 106. The molecule has 0 aliphatic carbocycles. The van der Waals surface area contributed by atoms with E-state index in [1.165, 1.54) is 19.5 Å². The first kappa shape index (κ1) is 42.6. The predicted molar refractivity (Wildman–Crippen MR) is 223 cm³/mol. The van der Waals surface area contributed by atoms with Crippen LogP contribution in [-0.2, 0) is 41.6 Å². The highest BCUT2D eigenvalue weighted by atomic mass is 32.1. The van der Waals surface area contributed by atoms with Gasteiger partial charge in [-0.05, 0) is 42.7 Å². The first-order chi connectivity index (χ1) is 28.8. The number of amides is 7. The summed E-state index contributed by atoms with van der Waals surface area (Å²) < 4.78 is 5.60. The average molecular weight is 839 g/mol. The maximum atomic E-state index is 14.4. The van der Waals surface area contributed by atoms with Crippen LogP contribution in [0.4, 0.5) is 0 Å². The van der Waals surface area contributed by atoms with Gasteiger partial charge in [0.15, 0.2) is 0 Å². The van der Waals surface area contributed by atoms with Gasteiger partial charge in [0.2, 0.25) is 29.5 Å². The molecule has 2 bridgehead atoms. The number of rotatable bonds is 6. The van der Waals surface area contributed by atoms with Crippen LogP contribution in [0.3, 0.4) is 0 Å². The minimum Gasteiger partial charge on any atom is -0.496 e. The van der Waals surface area contributed by atoms with Crippen LogP contribution < -0.4 is 36.6 Å². The van der Waals surface area contributed by atoms with Gasteiger partial charge in [-0.1, -0.05) is 37.8 Å². The van der Waals surface area contributed by atoms with Crippen LogP contribution in [0, 0.1) is 0 Å². The van der Waals surface area contributed by atoms with Gasteiger partial charge in [-0.3, -0.25) is 33.6 Å². The van der Waals surface area contributed by atoms with Gasteiger partial charge in [-0.25, -0.2) is 4.98 Å². The highest BCUT2D eigenvalue weighted by Crippen LogP contribution is 2.29. The zero-order chi connectivity index (χ0) is 43.1. The molecular weight excluding hydrogens is 793 g/mol. The van der Waals surface area contributed by atoms with Crippen LogP contribution in [0.15, 0.2) is 72.5 Å². The number of nitrogens with one attached hydrogen (secondary N) is 8. The van der Waals surface area contributed by atoms with Crippen molar-refractivity contribution in [2.24, 2.45) is 0 Å². The SMILES string of the molecule is C=C1NC(=O)[C@@H](CC)NC(=O)CNC(=O)[C@H](Cc2c[nH]c3cccc(OC)c23)NC(=O)[C@H](Cc2c[nH]c3ccccc23)NC(=O)c2csc(n2)[C@@H](C)NC(=O)CN(C)C1=O.